The van der Waals surface area contributed by atoms with E-state index in [-0.39, 0.29) is 17.6 Å². The van der Waals surface area contributed by atoms with E-state index in [9.17, 15) is 10.2 Å². The highest BCUT2D eigenvalue weighted by Gasteiger charge is 2.30. The van der Waals surface area contributed by atoms with Crippen molar-refractivity contribution in [3.63, 3.8) is 0 Å². The van der Waals surface area contributed by atoms with Crippen molar-refractivity contribution in [2.24, 2.45) is 5.92 Å². The Morgan fingerprint density at radius 2 is 1.81 bits per heavy atom. The smallest absolute Gasteiger partial charge is 0.150 e. The van der Waals surface area contributed by atoms with Gasteiger partial charge in [0, 0.05) is 23.7 Å². The molecule has 0 amide bonds. The van der Waals surface area contributed by atoms with Gasteiger partial charge in [0.25, 0.3) is 0 Å². The minimum atomic E-state index is -0.354. The predicted molar refractivity (Wildman–Crippen MR) is 143 cm³/mol. The molecule has 3 aromatic rings. The van der Waals surface area contributed by atoms with Crippen molar-refractivity contribution in [1.29, 1.82) is 0 Å². The van der Waals surface area contributed by atoms with Gasteiger partial charge >= 0.3 is 0 Å². The number of hydrogen-bond acceptors (Lipinski definition) is 5. The fraction of sp³-hybridized carbons (Fsp3) is 0.355. The van der Waals surface area contributed by atoms with Gasteiger partial charge in [0.15, 0.2) is 0 Å². The second kappa shape index (κ2) is 10.3. The van der Waals surface area contributed by atoms with Crippen LogP contribution in [0.5, 0.6) is 23.0 Å². The summed E-state index contributed by atoms with van der Waals surface area (Å²) < 4.78 is 12.6. The number of nitrogens with zero attached hydrogens (tertiary/aromatic N) is 1. The topological polar surface area (TPSA) is 62.2 Å². The second-order valence-electron chi connectivity index (χ2n) is 10.1. The maximum absolute atomic E-state index is 10.2. The van der Waals surface area contributed by atoms with Crippen molar-refractivity contribution in [3.05, 3.63) is 83.4 Å². The lowest BCUT2D eigenvalue weighted by Crippen LogP contribution is -2.35. The molecule has 0 saturated carbocycles. The third-order valence-electron chi connectivity index (χ3n) is 7.63. The van der Waals surface area contributed by atoms with Crippen molar-refractivity contribution >= 4 is 11.1 Å². The van der Waals surface area contributed by atoms with Crippen molar-refractivity contribution < 1.29 is 19.7 Å². The molecule has 3 atom stereocenters. The zero-order valence-electron chi connectivity index (χ0n) is 21.3. The van der Waals surface area contributed by atoms with Crippen molar-refractivity contribution in [3.8, 4) is 23.0 Å². The molecule has 3 aromatic carbocycles. The Morgan fingerprint density at radius 1 is 1.03 bits per heavy atom. The number of ether oxygens (including phenoxy) is 2. The van der Waals surface area contributed by atoms with Gasteiger partial charge in [-0.25, -0.2) is 0 Å². The van der Waals surface area contributed by atoms with Crippen LogP contribution in [0.3, 0.4) is 0 Å². The molecule has 2 aliphatic rings. The summed E-state index contributed by atoms with van der Waals surface area (Å²) in [5.41, 5.74) is 4.71. The lowest BCUT2D eigenvalue weighted by atomic mass is 9.86. The Hall–Kier alpha value is -3.44. The molecule has 0 aromatic heterocycles. The molecular weight excluding hydrogens is 450 g/mol. The third-order valence-corrected chi connectivity index (χ3v) is 7.63. The average molecular weight is 486 g/mol. The van der Waals surface area contributed by atoms with E-state index in [4.69, 9.17) is 9.47 Å². The summed E-state index contributed by atoms with van der Waals surface area (Å²) in [4.78, 5) is 2.53. The number of hydrogen-bond donors (Lipinski definition) is 2. The number of aromatic hydroxyl groups is 2. The highest BCUT2D eigenvalue weighted by Crippen LogP contribution is 2.47. The number of allylic oxidation sites excluding steroid dienone is 1. The molecule has 188 valence electrons. The molecule has 0 spiro atoms. The number of phenolic OH excluding ortho intramolecular Hbond substituents is 2. The summed E-state index contributed by atoms with van der Waals surface area (Å²) in [5.74, 6) is 2.78. The van der Waals surface area contributed by atoms with E-state index in [1.165, 1.54) is 19.4 Å². The minimum absolute atomic E-state index is 0.195. The fourth-order valence-corrected chi connectivity index (χ4v) is 5.37. The van der Waals surface area contributed by atoms with Gasteiger partial charge in [-0.3, -0.25) is 4.90 Å². The molecule has 2 N–H and O–H groups in total. The summed E-state index contributed by atoms with van der Waals surface area (Å²) in [5, 5.41) is 20.2. The number of benzene rings is 3. The molecule has 0 aliphatic carbocycles. The number of fused-ring (bicyclic) bond motifs is 1. The molecule has 5 rings (SSSR count). The first-order valence-corrected chi connectivity index (χ1v) is 12.9. The molecule has 1 unspecified atom stereocenters. The van der Waals surface area contributed by atoms with Gasteiger partial charge in [-0.2, -0.15) is 0 Å². The molecule has 1 fully saturated rings. The predicted octanol–water partition coefficient (Wildman–Crippen LogP) is 6.66. The first-order chi connectivity index (χ1) is 17.4. The SMILES string of the molecule is CC[C@@H]1CCN([C@@H](C)COc2ccc(C3Oc4ccc(O)cc4C(C)=C3c3cccc(O)c3)cc2)C1. The second-order valence-corrected chi connectivity index (χ2v) is 10.1. The van der Waals surface area contributed by atoms with Crippen LogP contribution in [0, 0.1) is 5.92 Å². The van der Waals surface area contributed by atoms with Crippen LogP contribution < -0.4 is 9.47 Å². The highest BCUT2D eigenvalue weighted by molar-refractivity contribution is 5.95. The molecule has 0 bridgehead atoms. The van der Waals surface area contributed by atoms with Gasteiger partial charge in [0.2, 0.25) is 0 Å². The molecule has 5 heteroatoms. The van der Waals surface area contributed by atoms with E-state index in [2.05, 4.69) is 30.9 Å². The molecule has 1 saturated heterocycles. The fourth-order valence-electron chi connectivity index (χ4n) is 5.37. The summed E-state index contributed by atoms with van der Waals surface area (Å²) >= 11 is 0. The quantitative estimate of drug-likeness (QED) is 0.392. The van der Waals surface area contributed by atoms with Crippen LogP contribution in [0.4, 0.5) is 0 Å². The third kappa shape index (κ3) is 4.93. The van der Waals surface area contributed by atoms with Crippen LogP contribution in [0.25, 0.3) is 11.1 Å². The van der Waals surface area contributed by atoms with E-state index >= 15 is 0 Å². The number of rotatable bonds is 7. The highest BCUT2D eigenvalue weighted by atomic mass is 16.5. The number of likely N-dealkylation sites (tertiary alicyclic amines) is 1. The van der Waals surface area contributed by atoms with Gasteiger partial charge in [-0.1, -0.05) is 37.6 Å². The first-order valence-electron chi connectivity index (χ1n) is 12.9. The van der Waals surface area contributed by atoms with E-state index in [1.807, 2.05) is 31.2 Å². The van der Waals surface area contributed by atoms with Crippen LogP contribution in [0.15, 0.2) is 66.7 Å². The van der Waals surface area contributed by atoms with Crippen molar-refractivity contribution in [2.45, 2.75) is 45.8 Å². The van der Waals surface area contributed by atoms with E-state index in [0.717, 1.165) is 51.8 Å². The molecule has 0 radical (unpaired) electrons. The normalized spacial score (nSPS) is 20.6. The summed E-state index contributed by atoms with van der Waals surface area (Å²) in [7, 11) is 0. The minimum Gasteiger partial charge on any atom is -0.508 e. The van der Waals surface area contributed by atoms with Gasteiger partial charge in [0.1, 0.15) is 35.7 Å². The van der Waals surface area contributed by atoms with E-state index < -0.39 is 0 Å². The Bertz CT molecular complexity index is 1250. The molecule has 2 aliphatic heterocycles. The van der Waals surface area contributed by atoms with E-state index in [1.54, 1.807) is 30.3 Å². The zero-order valence-corrected chi connectivity index (χ0v) is 21.3. The summed E-state index contributed by atoms with van der Waals surface area (Å²) in [6, 6.07) is 20.9. The number of phenols is 2. The summed E-state index contributed by atoms with van der Waals surface area (Å²) in [6.45, 7) is 9.55. The van der Waals surface area contributed by atoms with Gasteiger partial charge in [-0.15, -0.1) is 0 Å². The lowest BCUT2D eigenvalue weighted by Gasteiger charge is -2.31. The van der Waals surface area contributed by atoms with Gasteiger partial charge in [-0.05, 0) is 91.9 Å². The van der Waals surface area contributed by atoms with Crippen molar-refractivity contribution in [1.82, 2.24) is 4.90 Å². The van der Waals surface area contributed by atoms with Gasteiger partial charge in [0.05, 0.1) is 0 Å². The molecule has 2 heterocycles. The molecular formula is C31H35NO4. The maximum atomic E-state index is 10.2. The summed E-state index contributed by atoms with van der Waals surface area (Å²) in [6.07, 6.45) is 2.18. The first kappa shape index (κ1) is 24.3. The Labute approximate surface area is 213 Å². The van der Waals surface area contributed by atoms with Gasteiger partial charge < -0.3 is 19.7 Å². The van der Waals surface area contributed by atoms with Crippen LogP contribution in [-0.2, 0) is 0 Å². The Balaban J connectivity index is 1.38. The Kier molecular flexibility index (Phi) is 6.92. The maximum Gasteiger partial charge on any atom is 0.150 e. The van der Waals surface area contributed by atoms with Crippen LogP contribution in [-0.4, -0.2) is 40.9 Å². The monoisotopic (exact) mass is 485 g/mol. The Morgan fingerprint density at radius 3 is 2.53 bits per heavy atom. The zero-order chi connectivity index (χ0) is 25.2. The standard InChI is InChI=1S/C31H35NO4/c1-4-22-14-15-32(18-22)20(2)19-35-27-11-8-23(9-12-27)31-30(24-6-5-7-25(33)16-24)21(3)28-17-26(34)10-13-29(28)36-31/h5-13,16-17,20,22,31,33-34H,4,14-15,18-19H2,1-3H3/t20-,22+,31?/m0/s1. The van der Waals surface area contributed by atoms with Crippen LogP contribution in [0.1, 0.15) is 56.4 Å². The largest absolute Gasteiger partial charge is 0.508 e. The molecule has 5 nitrogen and oxygen atoms in total. The van der Waals surface area contributed by atoms with Crippen LogP contribution >= 0.6 is 0 Å². The average Bonchev–Trinajstić information content (AvgIpc) is 3.37. The van der Waals surface area contributed by atoms with Crippen molar-refractivity contribution in [2.75, 3.05) is 19.7 Å². The molecule has 36 heavy (non-hydrogen) atoms. The van der Waals surface area contributed by atoms with Crippen LogP contribution in [0.2, 0.25) is 0 Å². The van der Waals surface area contributed by atoms with E-state index in [0.29, 0.717) is 12.6 Å². The lowest BCUT2D eigenvalue weighted by molar-refractivity contribution is 0.168.